The van der Waals surface area contributed by atoms with Crippen molar-refractivity contribution in [3.05, 3.63) is 77.9 Å². The van der Waals surface area contributed by atoms with Gasteiger partial charge in [0, 0.05) is 6.54 Å². The lowest BCUT2D eigenvalue weighted by Gasteiger charge is -2.08. The molecule has 0 radical (unpaired) electrons. The van der Waals surface area contributed by atoms with E-state index in [1.165, 1.54) is 12.4 Å². The minimum atomic E-state index is -3.64. The summed E-state index contributed by atoms with van der Waals surface area (Å²) >= 11 is 0. The Bertz CT molecular complexity index is 1070. The van der Waals surface area contributed by atoms with E-state index in [9.17, 15) is 13.2 Å². The first-order chi connectivity index (χ1) is 12.6. The van der Waals surface area contributed by atoms with E-state index in [2.05, 4.69) is 15.0 Å². The van der Waals surface area contributed by atoms with Gasteiger partial charge in [0.15, 0.2) is 5.69 Å². The molecule has 0 saturated heterocycles. The van der Waals surface area contributed by atoms with Crippen LogP contribution in [0.4, 0.5) is 0 Å². The molecule has 0 aliphatic carbocycles. The fourth-order valence-electron chi connectivity index (χ4n) is 2.93. The van der Waals surface area contributed by atoms with E-state index >= 15 is 0 Å². The molecule has 0 fully saturated rings. The molecule has 0 bridgehead atoms. The number of imidazole rings is 1. The van der Waals surface area contributed by atoms with Crippen LogP contribution >= 0.6 is 0 Å². The molecule has 0 spiro atoms. The van der Waals surface area contributed by atoms with Crippen LogP contribution in [0.15, 0.2) is 65.8 Å². The molecule has 0 saturated carbocycles. The maximum atomic E-state index is 12.6. The summed E-state index contributed by atoms with van der Waals surface area (Å²) in [6.07, 6.45) is 1.48. The zero-order chi connectivity index (χ0) is 18.1. The van der Waals surface area contributed by atoms with Crippen molar-refractivity contribution in [2.45, 2.75) is 18.0 Å². The molecule has 2 aromatic carbocycles. The standard InChI is InChI=1S/C18H16N4O3S/c23-18(19-10-13-6-2-1-3-7-13)17-15-11-21-26(24,25)16-9-5-4-8-14(16)22(15)12-20-17/h1-9,12,21H,10-11H2,(H,19,23). The van der Waals surface area contributed by atoms with Gasteiger partial charge in [-0.15, -0.1) is 0 Å². The van der Waals surface area contributed by atoms with Gasteiger partial charge in [-0.1, -0.05) is 42.5 Å². The Morgan fingerprint density at radius 3 is 2.65 bits per heavy atom. The Morgan fingerprint density at radius 2 is 1.85 bits per heavy atom. The van der Waals surface area contributed by atoms with Crippen molar-refractivity contribution in [3.8, 4) is 5.69 Å². The van der Waals surface area contributed by atoms with Gasteiger partial charge in [-0.25, -0.2) is 18.1 Å². The maximum absolute atomic E-state index is 12.6. The molecule has 7 nitrogen and oxygen atoms in total. The average molecular weight is 368 g/mol. The predicted octanol–water partition coefficient (Wildman–Crippen LogP) is 1.59. The zero-order valence-corrected chi connectivity index (χ0v) is 14.5. The lowest BCUT2D eigenvalue weighted by molar-refractivity contribution is 0.0945. The maximum Gasteiger partial charge on any atom is 0.272 e. The zero-order valence-electron chi connectivity index (χ0n) is 13.7. The molecule has 0 atom stereocenters. The number of carbonyl (C=O) groups excluding carboxylic acids is 1. The van der Waals surface area contributed by atoms with Crippen molar-refractivity contribution in [2.75, 3.05) is 0 Å². The predicted molar refractivity (Wildman–Crippen MR) is 95.2 cm³/mol. The summed E-state index contributed by atoms with van der Waals surface area (Å²) in [5, 5.41) is 2.82. The molecule has 1 aromatic heterocycles. The van der Waals surface area contributed by atoms with Crippen LogP contribution < -0.4 is 10.0 Å². The average Bonchev–Trinajstić information content (AvgIpc) is 3.05. The summed E-state index contributed by atoms with van der Waals surface area (Å²) in [4.78, 5) is 16.9. The van der Waals surface area contributed by atoms with E-state index in [1.807, 2.05) is 30.3 Å². The number of amides is 1. The Balaban J connectivity index is 1.67. The first-order valence-electron chi connectivity index (χ1n) is 8.04. The number of fused-ring (bicyclic) bond motifs is 3. The monoisotopic (exact) mass is 368 g/mol. The highest BCUT2D eigenvalue weighted by Gasteiger charge is 2.28. The molecule has 1 aliphatic rings. The Morgan fingerprint density at radius 1 is 1.12 bits per heavy atom. The van der Waals surface area contributed by atoms with Crippen molar-refractivity contribution in [2.24, 2.45) is 0 Å². The first-order valence-corrected chi connectivity index (χ1v) is 9.52. The fraction of sp³-hybridized carbons (Fsp3) is 0.111. The van der Waals surface area contributed by atoms with Crippen LogP contribution in [0.1, 0.15) is 21.7 Å². The van der Waals surface area contributed by atoms with Gasteiger partial charge in [0.2, 0.25) is 10.0 Å². The Labute approximate surface area is 150 Å². The minimum absolute atomic E-state index is 0.00883. The molecular formula is C18H16N4O3S. The van der Waals surface area contributed by atoms with Crippen LogP contribution in [0.5, 0.6) is 0 Å². The summed E-state index contributed by atoms with van der Waals surface area (Å²) in [5.41, 5.74) is 2.16. The second-order valence-corrected chi connectivity index (χ2v) is 7.61. The second-order valence-electron chi connectivity index (χ2n) is 5.87. The van der Waals surface area contributed by atoms with E-state index in [-0.39, 0.29) is 23.0 Å². The highest BCUT2D eigenvalue weighted by atomic mass is 32.2. The Hall–Kier alpha value is -2.97. The normalized spacial score (nSPS) is 14.8. The highest BCUT2D eigenvalue weighted by molar-refractivity contribution is 7.89. The summed E-state index contributed by atoms with van der Waals surface area (Å²) in [6.45, 7) is 0.361. The summed E-state index contributed by atoms with van der Waals surface area (Å²) in [7, 11) is -3.64. The lowest BCUT2D eigenvalue weighted by Crippen LogP contribution is -2.27. The van der Waals surface area contributed by atoms with Gasteiger partial charge in [0.1, 0.15) is 11.2 Å². The molecule has 2 heterocycles. The van der Waals surface area contributed by atoms with Gasteiger partial charge in [-0.3, -0.25) is 9.36 Å². The number of nitrogens with one attached hydrogen (secondary N) is 2. The number of nitrogens with zero attached hydrogens (tertiary/aromatic N) is 2. The van der Waals surface area contributed by atoms with Crippen LogP contribution in [0.3, 0.4) is 0 Å². The smallest absolute Gasteiger partial charge is 0.272 e. The van der Waals surface area contributed by atoms with Gasteiger partial charge in [-0.05, 0) is 17.7 Å². The van der Waals surface area contributed by atoms with Crippen molar-refractivity contribution < 1.29 is 13.2 Å². The number of hydrogen-bond donors (Lipinski definition) is 2. The highest BCUT2D eigenvalue weighted by Crippen LogP contribution is 2.26. The second kappa shape index (κ2) is 6.40. The van der Waals surface area contributed by atoms with Crippen LogP contribution in [-0.4, -0.2) is 23.9 Å². The largest absolute Gasteiger partial charge is 0.347 e. The molecule has 3 aromatic rings. The van der Waals surface area contributed by atoms with Gasteiger partial charge < -0.3 is 5.32 Å². The number of carbonyl (C=O) groups is 1. The van der Waals surface area contributed by atoms with Crippen molar-refractivity contribution in [1.82, 2.24) is 19.6 Å². The van der Waals surface area contributed by atoms with Gasteiger partial charge in [-0.2, -0.15) is 0 Å². The van der Waals surface area contributed by atoms with Crippen LogP contribution in [0.25, 0.3) is 5.69 Å². The molecular weight excluding hydrogens is 352 g/mol. The van der Waals surface area contributed by atoms with Crippen LogP contribution in [0.2, 0.25) is 0 Å². The third kappa shape index (κ3) is 2.89. The molecule has 132 valence electrons. The van der Waals surface area contributed by atoms with Gasteiger partial charge >= 0.3 is 0 Å². The molecule has 1 aliphatic heterocycles. The summed E-state index contributed by atoms with van der Waals surface area (Å²) in [5.74, 6) is -0.346. The van der Waals surface area contributed by atoms with Gasteiger partial charge in [0.25, 0.3) is 5.91 Å². The SMILES string of the molecule is O=C(NCc1ccccc1)c1ncn2c1CNS(=O)(=O)c1ccccc1-2. The quantitative estimate of drug-likeness (QED) is 0.734. The lowest BCUT2D eigenvalue weighted by atomic mass is 10.2. The molecule has 26 heavy (non-hydrogen) atoms. The van der Waals surface area contributed by atoms with E-state index in [0.717, 1.165) is 5.56 Å². The summed E-state index contributed by atoms with van der Waals surface area (Å²) < 4.78 is 29.0. The number of benzene rings is 2. The molecule has 4 rings (SSSR count). The molecule has 1 amide bonds. The van der Waals surface area contributed by atoms with E-state index in [1.54, 1.807) is 22.8 Å². The summed E-state index contributed by atoms with van der Waals surface area (Å²) in [6, 6.07) is 16.2. The number of para-hydroxylation sites is 1. The number of hydrogen-bond acceptors (Lipinski definition) is 4. The van der Waals surface area contributed by atoms with E-state index in [4.69, 9.17) is 0 Å². The Kier molecular flexibility index (Phi) is 4.06. The molecule has 0 unspecified atom stereocenters. The van der Waals surface area contributed by atoms with Crippen molar-refractivity contribution in [3.63, 3.8) is 0 Å². The van der Waals surface area contributed by atoms with Crippen LogP contribution in [0, 0.1) is 0 Å². The van der Waals surface area contributed by atoms with E-state index < -0.39 is 10.0 Å². The number of aromatic nitrogens is 2. The van der Waals surface area contributed by atoms with Crippen molar-refractivity contribution >= 4 is 15.9 Å². The topological polar surface area (TPSA) is 93.1 Å². The molecule has 2 N–H and O–H groups in total. The van der Waals surface area contributed by atoms with Gasteiger partial charge in [0.05, 0.1) is 17.9 Å². The van der Waals surface area contributed by atoms with E-state index in [0.29, 0.717) is 17.9 Å². The van der Waals surface area contributed by atoms with Crippen LogP contribution in [-0.2, 0) is 23.1 Å². The first kappa shape index (κ1) is 16.5. The third-order valence-corrected chi connectivity index (χ3v) is 5.67. The molecule has 8 heteroatoms. The number of rotatable bonds is 3. The fourth-order valence-corrected chi connectivity index (χ4v) is 4.11. The minimum Gasteiger partial charge on any atom is -0.347 e. The van der Waals surface area contributed by atoms with Crippen molar-refractivity contribution in [1.29, 1.82) is 0 Å². The number of sulfonamides is 1. The third-order valence-electron chi connectivity index (χ3n) is 4.22.